The molecule has 0 saturated heterocycles. The van der Waals surface area contributed by atoms with Gasteiger partial charge in [-0.25, -0.2) is 0 Å². The fourth-order valence-corrected chi connectivity index (χ4v) is 1.64. The minimum absolute atomic E-state index is 0.872. The first-order valence-electron chi connectivity index (χ1n) is 4.34. The SMILES string of the molecule is Ic1ccccc1Oc1ccccc1. The van der Waals surface area contributed by atoms with Crippen LogP contribution < -0.4 is 4.74 Å². The number of ether oxygens (including phenoxy) is 1. The second-order valence-electron chi connectivity index (χ2n) is 2.85. The van der Waals surface area contributed by atoms with Crippen LogP contribution in [0.25, 0.3) is 0 Å². The third-order valence-corrected chi connectivity index (χ3v) is 2.70. The van der Waals surface area contributed by atoms with E-state index in [1.165, 1.54) is 0 Å². The van der Waals surface area contributed by atoms with Gasteiger partial charge in [-0.15, -0.1) is 0 Å². The van der Waals surface area contributed by atoms with Crippen LogP contribution in [-0.2, 0) is 0 Å². The fraction of sp³-hybridized carbons (Fsp3) is 0. The Labute approximate surface area is 96.9 Å². The van der Waals surface area contributed by atoms with E-state index < -0.39 is 0 Å². The van der Waals surface area contributed by atoms with Gasteiger partial charge < -0.3 is 4.74 Å². The summed E-state index contributed by atoms with van der Waals surface area (Å²) in [4.78, 5) is 0. The van der Waals surface area contributed by atoms with Gasteiger partial charge in [0.05, 0.1) is 3.57 Å². The molecule has 0 N–H and O–H groups in total. The van der Waals surface area contributed by atoms with Crippen molar-refractivity contribution in [1.82, 2.24) is 0 Å². The van der Waals surface area contributed by atoms with Crippen LogP contribution in [0.1, 0.15) is 0 Å². The molecule has 14 heavy (non-hydrogen) atoms. The summed E-state index contributed by atoms with van der Waals surface area (Å²) in [6.07, 6.45) is 0. The lowest BCUT2D eigenvalue weighted by molar-refractivity contribution is 0.479. The summed E-state index contributed by atoms with van der Waals surface area (Å²) in [5.74, 6) is 1.77. The first kappa shape index (κ1) is 9.52. The standard InChI is InChI=1S/C12H9IO/c13-11-8-4-5-9-12(11)14-10-6-2-1-3-7-10/h1-9H. The number of benzene rings is 2. The number of hydrogen-bond donors (Lipinski definition) is 0. The molecule has 0 unspecified atom stereocenters. The molecule has 0 radical (unpaired) electrons. The molecule has 0 aliphatic carbocycles. The third-order valence-electron chi connectivity index (χ3n) is 1.81. The van der Waals surface area contributed by atoms with Crippen molar-refractivity contribution < 1.29 is 4.74 Å². The third kappa shape index (κ3) is 2.26. The number of hydrogen-bond acceptors (Lipinski definition) is 1. The minimum Gasteiger partial charge on any atom is -0.456 e. The summed E-state index contributed by atoms with van der Waals surface area (Å²) in [5, 5.41) is 0. The number of rotatable bonds is 2. The monoisotopic (exact) mass is 296 g/mol. The zero-order valence-electron chi connectivity index (χ0n) is 7.48. The van der Waals surface area contributed by atoms with Crippen LogP contribution in [0, 0.1) is 3.57 Å². The van der Waals surface area contributed by atoms with E-state index >= 15 is 0 Å². The van der Waals surface area contributed by atoms with Crippen molar-refractivity contribution in [1.29, 1.82) is 0 Å². The highest BCUT2D eigenvalue weighted by molar-refractivity contribution is 14.1. The molecule has 2 heteroatoms. The summed E-state index contributed by atoms with van der Waals surface area (Å²) < 4.78 is 6.82. The summed E-state index contributed by atoms with van der Waals surface area (Å²) in [6.45, 7) is 0. The lowest BCUT2D eigenvalue weighted by Gasteiger charge is -2.06. The first-order valence-corrected chi connectivity index (χ1v) is 5.41. The van der Waals surface area contributed by atoms with E-state index in [0.29, 0.717) is 0 Å². The summed E-state index contributed by atoms with van der Waals surface area (Å²) >= 11 is 2.26. The van der Waals surface area contributed by atoms with Gasteiger partial charge in [0, 0.05) is 0 Å². The molecule has 2 aromatic rings. The summed E-state index contributed by atoms with van der Waals surface area (Å²) in [5.41, 5.74) is 0. The molecular formula is C12H9IO. The Bertz CT molecular complexity index is 412. The number of halogens is 1. The van der Waals surface area contributed by atoms with Crippen LogP contribution in [0.2, 0.25) is 0 Å². The molecule has 0 fully saturated rings. The number of para-hydroxylation sites is 2. The molecule has 0 spiro atoms. The van der Waals surface area contributed by atoms with E-state index in [4.69, 9.17) is 4.74 Å². The second kappa shape index (κ2) is 4.46. The minimum atomic E-state index is 0.872. The molecule has 2 rings (SSSR count). The Balaban J connectivity index is 2.24. The first-order chi connectivity index (χ1) is 6.86. The van der Waals surface area contributed by atoms with E-state index in [1.54, 1.807) is 0 Å². The van der Waals surface area contributed by atoms with Gasteiger partial charge in [-0.3, -0.25) is 0 Å². The van der Waals surface area contributed by atoms with Crippen molar-refractivity contribution in [3.8, 4) is 11.5 Å². The highest BCUT2D eigenvalue weighted by Crippen LogP contribution is 2.25. The van der Waals surface area contributed by atoms with Crippen molar-refractivity contribution in [3.05, 3.63) is 58.2 Å². The molecule has 0 amide bonds. The summed E-state index contributed by atoms with van der Waals surface area (Å²) in [6, 6.07) is 17.8. The van der Waals surface area contributed by atoms with Crippen LogP contribution in [-0.4, -0.2) is 0 Å². The van der Waals surface area contributed by atoms with Gasteiger partial charge in [0.15, 0.2) is 0 Å². The molecule has 0 bridgehead atoms. The predicted octanol–water partition coefficient (Wildman–Crippen LogP) is 4.08. The predicted molar refractivity (Wildman–Crippen MR) is 65.7 cm³/mol. The van der Waals surface area contributed by atoms with Gasteiger partial charge in [0.2, 0.25) is 0 Å². The lowest BCUT2D eigenvalue weighted by atomic mass is 10.3. The van der Waals surface area contributed by atoms with Crippen LogP contribution in [0.3, 0.4) is 0 Å². The van der Waals surface area contributed by atoms with Crippen LogP contribution >= 0.6 is 22.6 Å². The Morgan fingerprint density at radius 3 is 2.14 bits per heavy atom. The average Bonchev–Trinajstić information content (AvgIpc) is 2.23. The van der Waals surface area contributed by atoms with Crippen molar-refractivity contribution >= 4 is 22.6 Å². The maximum Gasteiger partial charge on any atom is 0.140 e. The molecule has 0 aromatic heterocycles. The Morgan fingerprint density at radius 1 is 0.786 bits per heavy atom. The average molecular weight is 296 g/mol. The van der Waals surface area contributed by atoms with Crippen molar-refractivity contribution in [2.24, 2.45) is 0 Å². The Morgan fingerprint density at radius 2 is 1.43 bits per heavy atom. The molecule has 0 heterocycles. The topological polar surface area (TPSA) is 9.23 Å². The molecule has 2 aromatic carbocycles. The van der Waals surface area contributed by atoms with E-state index in [-0.39, 0.29) is 0 Å². The van der Waals surface area contributed by atoms with Crippen molar-refractivity contribution in [2.75, 3.05) is 0 Å². The quantitative estimate of drug-likeness (QED) is 0.759. The molecule has 0 aliphatic rings. The molecular weight excluding hydrogens is 287 g/mol. The second-order valence-corrected chi connectivity index (χ2v) is 4.01. The zero-order chi connectivity index (χ0) is 9.80. The van der Waals surface area contributed by atoms with E-state index in [2.05, 4.69) is 22.6 Å². The molecule has 0 saturated carbocycles. The lowest BCUT2D eigenvalue weighted by Crippen LogP contribution is -1.85. The van der Waals surface area contributed by atoms with Crippen molar-refractivity contribution in [3.63, 3.8) is 0 Å². The van der Waals surface area contributed by atoms with E-state index in [9.17, 15) is 0 Å². The van der Waals surface area contributed by atoms with Gasteiger partial charge in [-0.1, -0.05) is 30.3 Å². The van der Waals surface area contributed by atoms with Crippen LogP contribution in [0.5, 0.6) is 11.5 Å². The van der Waals surface area contributed by atoms with Gasteiger partial charge in [0.25, 0.3) is 0 Å². The van der Waals surface area contributed by atoms with Gasteiger partial charge in [-0.2, -0.15) is 0 Å². The molecule has 0 atom stereocenters. The highest BCUT2D eigenvalue weighted by atomic mass is 127. The van der Waals surface area contributed by atoms with E-state index in [1.807, 2.05) is 54.6 Å². The molecule has 70 valence electrons. The normalized spacial score (nSPS) is 9.79. The van der Waals surface area contributed by atoms with Gasteiger partial charge >= 0.3 is 0 Å². The molecule has 1 nitrogen and oxygen atoms in total. The maximum absolute atomic E-state index is 5.70. The van der Waals surface area contributed by atoms with Crippen LogP contribution in [0.15, 0.2) is 54.6 Å². The zero-order valence-corrected chi connectivity index (χ0v) is 9.64. The largest absolute Gasteiger partial charge is 0.456 e. The van der Waals surface area contributed by atoms with Crippen molar-refractivity contribution in [2.45, 2.75) is 0 Å². The molecule has 0 aliphatic heterocycles. The summed E-state index contributed by atoms with van der Waals surface area (Å²) in [7, 11) is 0. The van der Waals surface area contributed by atoms with E-state index in [0.717, 1.165) is 15.1 Å². The smallest absolute Gasteiger partial charge is 0.140 e. The fourth-order valence-electron chi connectivity index (χ4n) is 1.14. The maximum atomic E-state index is 5.70. The Hall–Kier alpha value is -1.03. The van der Waals surface area contributed by atoms with Gasteiger partial charge in [-0.05, 0) is 46.9 Å². The van der Waals surface area contributed by atoms with Crippen LogP contribution in [0.4, 0.5) is 0 Å². The highest BCUT2D eigenvalue weighted by Gasteiger charge is 1.99. The van der Waals surface area contributed by atoms with Gasteiger partial charge in [0.1, 0.15) is 11.5 Å². The Kier molecular flexibility index (Phi) is 3.03.